The summed E-state index contributed by atoms with van der Waals surface area (Å²) in [5, 5.41) is 31.0. The molecular weight excluding hydrogens is 224 g/mol. The molecule has 5 nitrogen and oxygen atoms in total. The van der Waals surface area contributed by atoms with Crippen molar-refractivity contribution in [1.82, 2.24) is 0 Å². The van der Waals surface area contributed by atoms with Crippen LogP contribution in [-0.2, 0) is 9.59 Å². The molecule has 1 N–H and O–H groups in total. The molecule has 1 rings (SSSR count). The van der Waals surface area contributed by atoms with Crippen molar-refractivity contribution in [1.29, 1.82) is 0 Å². The van der Waals surface area contributed by atoms with Gasteiger partial charge in [-0.3, -0.25) is 4.79 Å². The van der Waals surface area contributed by atoms with E-state index in [-0.39, 0.29) is 5.56 Å². The molecule has 0 saturated carbocycles. The molecule has 0 bridgehead atoms. The lowest BCUT2D eigenvalue weighted by Gasteiger charge is -2.18. The monoisotopic (exact) mass is 232 g/mol. The lowest BCUT2D eigenvalue weighted by Crippen LogP contribution is -2.08. The van der Waals surface area contributed by atoms with E-state index in [2.05, 4.69) is 0 Å². The van der Waals surface area contributed by atoms with Gasteiger partial charge in [-0.25, -0.2) is 4.79 Å². The number of carboxylic acid groups (broad SMARTS) is 1. The minimum atomic E-state index is -1.61. The van der Waals surface area contributed by atoms with Crippen molar-refractivity contribution in [3.8, 4) is 5.75 Å². The van der Waals surface area contributed by atoms with Gasteiger partial charge in [-0.05, 0) is 11.6 Å². The maximum Gasteiger partial charge on any atom is 0.376 e. The molecule has 0 radical (unpaired) electrons. The van der Waals surface area contributed by atoms with E-state index in [1.165, 1.54) is 24.3 Å². The van der Waals surface area contributed by atoms with Gasteiger partial charge in [-0.1, -0.05) is 36.4 Å². The molecule has 0 aliphatic carbocycles. The summed E-state index contributed by atoms with van der Waals surface area (Å²) in [5.74, 6) is -3.74. The fourth-order valence-corrected chi connectivity index (χ4v) is 1.05. The van der Waals surface area contributed by atoms with Crippen LogP contribution >= 0.6 is 0 Å². The van der Waals surface area contributed by atoms with Crippen molar-refractivity contribution in [2.45, 2.75) is 0 Å². The molecule has 1 aromatic rings. The minimum absolute atomic E-state index is 0.0278. The van der Waals surface area contributed by atoms with Gasteiger partial charge < -0.3 is 15.3 Å². The van der Waals surface area contributed by atoms with Crippen LogP contribution < -0.4 is 10.2 Å². The van der Waals surface area contributed by atoms with Gasteiger partial charge in [-0.2, -0.15) is 0 Å². The number of benzene rings is 1. The zero-order chi connectivity index (χ0) is 12.8. The number of carbonyl (C=O) groups excluding carboxylic acids is 1. The highest BCUT2D eigenvalue weighted by atomic mass is 16.4. The third-order valence-electron chi connectivity index (χ3n) is 1.86. The van der Waals surface area contributed by atoms with Gasteiger partial charge >= 0.3 is 5.97 Å². The Kier molecular flexibility index (Phi) is 4.05. The Labute approximate surface area is 96.9 Å². The fraction of sp³-hybridized carbons (Fsp3) is 0. The Morgan fingerprint density at radius 1 is 1.24 bits per heavy atom. The van der Waals surface area contributed by atoms with Gasteiger partial charge in [0, 0.05) is 0 Å². The molecule has 0 aromatic heterocycles. The second-order valence-electron chi connectivity index (χ2n) is 3.06. The second kappa shape index (κ2) is 5.50. The van der Waals surface area contributed by atoms with Crippen LogP contribution in [0.25, 0.3) is 5.76 Å². The summed E-state index contributed by atoms with van der Waals surface area (Å²) in [6.07, 6.45) is 2.72. The van der Waals surface area contributed by atoms with Gasteiger partial charge in [0.15, 0.2) is 0 Å². The largest absolute Gasteiger partial charge is 0.872 e. The number of carbonyl (C=O) groups is 2. The maximum atomic E-state index is 11.5. The first kappa shape index (κ1) is 12.5. The molecule has 0 fully saturated rings. The van der Waals surface area contributed by atoms with E-state index >= 15 is 0 Å². The van der Waals surface area contributed by atoms with Crippen LogP contribution in [0.3, 0.4) is 0 Å². The van der Waals surface area contributed by atoms with Gasteiger partial charge in [0.25, 0.3) is 5.78 Å². The first-order valence-electron chi connectivity index (χ1n) is 4.61. The summed E-state index contributed by atoms with van der Waals surface area (Å²) in [6.45, 7) is 0. The summed E-state index contributed by atoms with van der Waals surface area (Å²) in [7, 11) is 0. The minimum Gasteiger partial charge on any atom is -0.872 e. The Bertz CT molecular complexity index is 499. The molecule has 0 unspecified atom stereocenters. The number of hydrogen-bond donors (Lipinski definition) is 1. The van der Waals surface area contributed by atoms with Gasteiger partial charge in [-0.15, -0.1) is 11.5 Å². The van der Waals surface area contributed by atoms with Gasteiger partial charge in [0.2, 0.25) is 0 Å². The van der Waals surface area contributed by atoms with Crippen molar-refractivity contribution >= 4 is 17.5 Å². The Morgan fingerprint density at radius 2 is 1.88 bits per heavy atom. The highest BCUT2D eigenvalue weighted by molar-refractivity contribution is 6.37. The smallest absolute Gasteiger partial charge is 0.376 e. The van der Waals surface area contributed by atoms with Crippen LogP contribution in [0.5, 0.6) is 5.75 Å². The topological polar surface area (TPSA) is 100 Å². The average molecular weight is 232 g/mol. The van der Waals surface area contributed by atoms with Crippen LogP contribution in [-0.4, -0.2) is 16.9 Å². The van der Waals surface area contributed by atoms with Crippen molar-refractivity contribution in [2.75, 3.05) is 0 Å². The molecule has 0 amide bonds. The number of para-hydroxylation sites is 1. The molecule has 0 spiro atoms. The number of carboxylic acids is 1. The van der Waals surface area contributed by atoms with E-state index in [4.69, 9.17) is 5.11 Å². The highest BCUT2D eigenvalue weighted by Crippen LogP contribution is 2.17. The number of hydrogen-bond acceptors (Lipinski definition) is 4. The van der Waals surface area contributed by atoms with E-state index < -0.39 is 23.3 Å². The molecule has 0 heterocycles. The molecule has 17 heavy (non-hydrogen) atoms. The number of aliphatic carboxylic acids is 1. The second-order valence-corrected chi connectivity index (χ2v) is 3.06. The molecule has 0 aliphatic heterocycles. The first-order valence-corrected chi connectivity index (χ1v) is 4.61. The zero-order valence-corrected chi connectivity index (χ0v) is 8.62. The summed E-state index contributed by atoms with van der Waals surface area (Å²) in [6, 6.07) is 5.64. The van der Waals surface area contributed by atoms with Gasteiger partial charge in [0.05, 0.1) is 0 Å². The normalized spacial score (nSPS) is 11.6. The van der Waals surface area contributed by atoms with E-state index in [0.717, 1.165) is 18.2 Å². The standard InChI is InChI=1S/C12H10O5/c13-9-5-2-1-4-8(9)10(14)6-3-7-11(15)12(16)17/h1-7,13-14H,(H,16,17)/p-2. The lowest BCUT2D eigenvalue weighted by molar-refractivity contribution is -0.274. The maximum absolute atomic E-state index is 11.5. The Hall–Kier alpha value is -2.56. The summed E-state index contributed by atoms with van der Waals surface area (Å²) >= 11 is 0. The first-order chi connectivity index (χ1) is 8.02. The summed E-state index contributed by atoms with van der Waals surface area (Å²) < 4.78 is 0. The third kappa shape index (κ3) is 3.49. The zero-order valence-electron chi connectivity index (χ0n) is 8.62. The van der Waals surface area contributed by atoms with E-state index in [1.807, 2.05) is 0 Å². The fourth-order valence-electron chi connectivity index (χ4n) is 1.05. The summed E-state index contributed by atoms with van der Waals surface area (Å²) in [4.78, 5) is 20.8. The Morgan fingerprint density at radius 3 is 2.47 bits per heavy atom. The van der Waals surface area contributed by atoms with Crippen molar-refractivity contribution in [2.24, 2.45) is 0 Å². The third-order valence-corrected chi connectivity index (χ3v) is 1.86. The molecular formula is C12H8O5-2. The number of allylic oxidation sites excluding steroid dienone is 2. The molecule has 88 valence electrons. The van der Waals surface area contributed by atoms with Crippen molar-refractivity contribution < 1.29 is 24.9 Å². The van der Waals surface area contributed by atoms with Crippen LogP contribution in [0.1, 0.15) is 5.56 Å². The molecule has 1 aromatic carbocycles. The SMILES string of the molecule is O=C(O)C(=O)C=CC=C([O-])c1ccccc1[O-]. The number of rotatable bonds is 4. The van der Waals surface area contributed by atoms with E-state index in [1.54, 1.807) is 0 Å². The van der Waals surface area contributed by atoms with Crippen molar-refractivity contribution in [3.05, 3.63) is 48.1 Å². The van der Waals surface area contributed by atoms with Crippen molar-refractivity contribution in [3.63, 3.8) is 0 Å². The number of ketones is 1. The van der Waals surface area contributed by atoms with Crippen LogP contribution in [0.4, 0.5) is 0 Å². The molecule has 0 atom stereocenters. The van der Waals surface area contributed by atoms with Crippen LogP contribution in [0.15, 0.2) is 42.5 Å². The van der Waals surface area contributed by atoms with Crippen LogP contribution in [0, 0.1) is 0 Å². The molecule has 5 heteroatoms. The Balaban J connectivity index is 2.84. The molecule has 0 aliphatic rings. The molecule has 0 saturated heterocycles. The predicted molar refractivity (Wildman–Crippen MR) is 55.6 cm³/mol. The van der Waals surface area contributed by atoms with E-state index in [0.29, 0.717) is 0 Å². The quantitative estimate of drug-likeness (QED) is 0.331. The van der Waals surface area contributed by atoms with E-state index in [9.17, 15) is 19.8 Å². The van der Waals surface area contributed by atoms with Gasteiger partial charge in [0.1, 0.15) is 0 Å². The average Bonchev–Trinajstić information content (AvgIpc) is 2.29. The summed E-state index contributed by atoms with van der Waals surface area (Å²) in [5.41, 5.74) is -0.0278. The highest BCUT2D eigenvalue weighted by Gasteiger charge is 2.04. The predicted octanol–water partition coefficient (Wildman–Crippen LogP) is -0.329. The van der Waals surface area contributed by atoms with Crippen LogP contribution in [0.2, 0.25) is 0 Å². The lowest BCUT2D eigenvalue weighted by atomic mass is 10.1.